The maximum Gasteiger partial charge on any atom is 0.0462 e. The molecule has 0 aliphatic heterocycles. The van der Waals surface area contributed by atoms with E-state index in [1.807, 2.05) is 0 Å². The van der Waals surface area contributed by atoms with Gasteiger partial charge in [0.2, 0.25) is 0 Å². The second-order valence-electron chi connectivity index (χ2n) is 18.2. The molecule has 0 heterocycles. The third kappa shape index (κ3) is 6.22. The van der Waals surface area contributed by atoms with Crippen LogP contribution in [0.2, 0.25) is 0 Å². The number of hydrogen-bond acceptors (Lipinski definition) is 1. The molecule has 0 amide bonds. The van der Waals surface area contributed by atoms with Crippen molar-refractivity contribution in [3.05, 3.63) is 235 Å². The van der Waals surface area contributed by atoms with E-state index in [4.69, 9.17) is 0 Å². The summed E-state index contributed by atoms with van der Waals surface area (Å²) in [5, 5.41) is 0. The van der Waals surface area contributed by atoms with Crippen molar-refractivity contribution in [1.82, 2.24) is 0 Å². The van der Waals surface area contributed by atoms with E-state index in [1.165, 1.54) is 77.9 Å². The van der Waals surface area contributed by atoms with Crippen molar-refractivity contribution in [2.24, 2.45) is 5.92 Å². The average molecular weight is 784 g/mol. The Kier molecular flexibility index (Phi) is 8.72. The molecule has 61 heavy (non-hydrogen) atoms. The predicted molar refractivity (Wildman–Crippen MR) is 258 cm³/mol. The fraction of sp³-hybridized carbons (Fsp3) is 0.133. The number of anilines is 3. The van der Waals surface area contributed by atoms with Crippen LogP contribution in [-0.2, 0) is 10.8 Å². The molecule has 0 saturated heterocycles. The van der Waals surface area contributed by atoms with E-state index in [1.54, 1.807) is 0 Å². The number of benzene rings is 8. The Balaban J connectivity index is 0.933. The Bertz CT molecular complexity index is 2980. The lowest BCUT2D eigenvalue weighted by Crippen LogP contribution is -2.24. The van der Waals surface area contributed by atoms with Crippen LogP contribution in [-0.4, -0.2) is 0 Å². The molecule has 2 unspecified atom stereocenters. The Hall–Kier alpha value is -6.96. The monoisotopic (exact) mass is 783 g/mol. The van der Waals surface area contributed by atoms with Crippen LogP contribution in [0.5, 0.6) is 0 Å². The van der Waals surface area contributed by atoms with Crippen LogP contribution in [0.25, 0.3) is 55.6 Å². The Labute approximate surface area is 361 Å². The van der Waals surface area contributed by atoms with Crippen molar-refractivity contribution < 1.29 is 0 Å². The number of hydrogen-bond donors (Lipinski definition) is 0. The van der Waals surface area contributed by atoms with E-state index in [0.29, 0.717) is 11.8 Å². The van der Waals surface area contributed by atoms with E-state index in [-0.39, 0.29) is 10.8 Å². The quantitative estimate of drug-likeness (QED) is 0.156. The van der Waals surface area contributed by atoms with Gasteiger partial charge in [0, 0.05) is 28.4 Å². The summed E-state index contributed by atoms with van der Waals surface area (Å²) in [6.07, 6.45) is 9.22. The predicted octanol–water partition coefficient (Wildman–Crippen LogP) is 16.2. The first-order chi connectivity index (χ1) is 29.7. The van der Waals surface area contributed by atoms with Crippen molar-refractivity contribution in [2.75, 3.05) is 4.90 Å². The van der Waals surface area contributed by atoms with E-state index in [0.717, 1.165) is 17.1 Å². The zero-order valence-electron chi connectivity index (χ0n) is 35.3. The maximum absolute atomic E-state index is 2.45. The molecular formula is C60H49N. The molecule has 3 aliphatic rings. The van der Waals surface area contributed by atoms with Gasteiger partial charge in [-0.2, -0.15) is 0 Å². The minimum Gasteiger partial charge on any atom is -0.311 e. The van der Waals surface area contributed by atoms with Gasteiger partial charge < -0.3 is 4.90 Å². The first kappa shape index (κ1) is 37.1. The van der Waals surface area contributed by atoms with E-state index in [2.05, 4.69) is 245 Å². The molecule has 1 nitrogen and oxygen atoms in total. The summed E-state index contributed by atoms with van der Waals surface area (Å²) in [7, 11) is 0. The highest BCUT2D eigenvalue weighted by atomic mass is 15.1. The second kappa shape index (κ2) is 14.4. The molecule has 1 heteroatoms. The van der Waals surface area contributed by atoms with Gasteiger partial charge in [0.25, 0.3) is 0 Å². The van der Waals surface area contributed by atoms with Crippen molar-refractivity contribution in [1.29, 1.82) is 0 Å². The largest absolute Gasteiger partial charge is 0.311 e. The van der Waals surface area contributed by atoms with Gasteiger partial charge in [0.15, 0.2) is 0 Å². The molecule has 8 aromatic carbocycles. The van der Waals surface area contributed by atoms with Crippen molar-refractivity contribution in [2.45, 2.75) is 44.4 Å². The van der Waals surface area contributed by atoms with E-state index >= 15 is 0 Å². The van der Waals surface area contributed by atoms with Crippen molar-refractivity contribution >= 4 is 17.1 Å². The SMILES string of the molecule is CC1(C)c2ccccc2-c2ccc(-c3ccc(N(c4ccc(-c5ccc(-c6ccccc6)cc5)cc4)c4ccc(-c5ccc6c(c5)C(C)(C)C5C=CC=CC65)cc4)cc3)cc21. The van der Waals surface area contributed by atoms with Crippen molar-refractivity contribution in [3.63, 3.8) is 0 Å². The number of rotatable bonds is 7. The molecule has 8 aromatic rings. The number of fused-ring (bicyclic) bond motifs is 6. The summed E-state index contributed by atoms with van der Waals surface area (Å²) in [5.74, 6) is 0.954. The fourth-order valence-corrected chi connectivity index (χ4v) is 10.6. The van der Waals surface area contributed by atoms with Crippen LogP contribution >= 0.6 is 0 Å². The van der Waals surface area contributed by atoms with Gasteiger partial charge in [-0.3, -0.25) is 0 Å². The van der Waals surface area contributed by atoms with Crippen molar-refractivity contribution in [3.8, 4) is 55.6 Å². The highest BCUT2D eigenvalue weighted by Crippen LogP contribution is 2.54. The number of allylic oxidation sites excluding steroid dienone is 4. The minimum atomic E-state index is -0.0377. The highest BCUT2D eigenvalue weighted by molar-refractivity contribution is 5.85. The summed E-state index contributed by atoms with van der Waals surface area (Å²) in [6.45, 7) is 9.52. The maximum atomic E-state index is 2.45. The van der Waals surface area contributed by atoms with Gasteiger partial charge in [-0.15, -0.1) is 0 Å². The Morgan fingerprint density at radius 3 is 1.38 bits per heavy atom. The van der Waals surface area contributed by atoms with Crippen LogP contribution in [0, 0.1) is 5.92 Å². The average Bonchev–Trinajstić information content (AvgIpc) is 3.69. The Morgan fingerprint density at radius 1 is 0.361 bits per heavy atom. The lowest BCUT2D eigenvalue weighted by molar-refractivity contribution is 0.394. The standard InChI is InChI=1S/C60H49N/c1-59(2)55-16-10-8-14-51(55)53-36-28-46(38-57(53)59)44-24-32-49(33-25-44)61(48-30-22-43(23-31-48)42-20-18-41(19-21-42)40-12-6-5-7-13-40)50-34-26-45(27-35-50)47-29-37-54-52-15-9-11-17-56(52)60(3,4)58(54)39-47/h5-39,51,55H,1-4H3. The van der Waals surface area contributed by atoms with Crippen LogP contribution in [0.15, 0.2) is 212 Å². The van der Waals surface area contributed by atoms with Gasteiger partial charge in [0.1, 0.15) is 0 Å². The molecule has 0 spiro atoms. The number of nitrogens with zero attached hydrogens (tertiary/aromatic N) is 1. The van der Waals surface area contributed by atoms with Crippen LogP contribution in [0.3, 0.4) is 0 Å². The zero-order valence-corrected chi connectivity index (χ0v) is 35.3. The van der Waals surface area contributed by atoms with Gasteiger partial charge in [-0.1, -0.05) is 198 Å². The zero-order chi connectivity index (χ0) is 41.3. The highest BCUT2D eigenvalue weighted by Gasteiger charge is 2.44. The van der Waals surface area contributed by atoms with Crippen LogP contribution in [0.4, 0.5) is 17.1 Å². The Morgan fingerprint density at radius 2 is 0.787 bits per heavy atom. The molecule has 11 rings (SSSR count). The summed E-state index contributed by atoms with van der Waals surface area (Å²) in [4.78, 5) is 2.38. The third-order valence-electron chi connectivity index (χ3n) is 14.0. The van der Waals surface area contributed by atoms with E-state index < -0.39 is 0 Å². The molecule has 294 valence electrons. The molecular weight excluding hydrogens is 735 g/mol. The summed E-state index contributed by atoms with van der Waals surface area (Å²) in [6, 6.07) is 69.8. The topological polar surface area (TPSA) is 3.24 Å². The van der Waals surface area contributed by atoms with Gasteiger partial charge in [-0.05, 0) is 132 Å². The first-order valence-electron chi connectivity index (χ1n) is 21.7. The first-order valence-corrected chi connectivity index (χ1v) is 21.7. The molecule has 0 radical (unpaired) electrons. The van der Waals surface area contributed by atoms with E-state index in [9.17, 15) is 0 Å². The third-order valence-corrected chi connectivity index (χ3v) is 14.0. The van der Waals surface area contributed by atoms with Gasteiger partial charge >= 0.3 is 0 Å². The lowest BCUT2D eigenvalue weighted by atomic mass is 9.74. The van der Waals surface area contributed by atoms with Crippen LogP contribution < -0.4 is 4.90 Å². The lowest BCUT2D eigenvalue weighted by Gasteiger charge is -2.29. The normalized spacial score (nSPS) is 17.3. The second-order valence-corrected chi connectivity index (χ2v) is 18.2. The fourth-order valence-electron chi connectivity index (χ4n) is 10.6. The van der Waals surface area contributed by atoms with Gasteiger partial charge in [-0.25, -0.2) is 0 Å². The molecule has 0 saturated carbocycles. The van der Waals surface area contributed by atoms with Gasteiger partial charge in [0.05, 0.1) is 0 Å². The molecule has 0 N–H and O–H groups in total. The molecule has 0 aromatic heterocycles. The molecule has 3 aliphatic carbocycles. The molecule has 0 bridgehead atoms. The summed E-state index contributed by atoms with van der Waals surface area (Å²) >= 11 is 0. The van der Waals surface area contributed by atoms with Crippen LogP contribution in [0.1, 0.15) is 55.9 Å². The summed E-state index contributed by atoms with van der Waals surface area (Å²) in [5.41, 5.74) is 21.7. The smallest absolute Gasteiger partial charge is 0.0462 e. The summed E-state index contributed by atoms with van der Waals surface area (Å²) < 4.78 is 0. The minimum absolute atomic E-state index is 0.0377. The molecule has 0 fully saturated rings. The molecule has 2 atom stereocenters.